The molecule has 43 heavy (non-hydrogen) atoms. The SMILES string of the molecule is Cc1c(C(=O)O)ccc(NC(=O)Cc2ccc(-c3cccnc3OCc3ccc(Cl)cc3F)cc2)c1NCc1cnco1. The molecule has 0 saturated heterocycles. The number of aromatic carboxylic acids is 1. The molecule has 0 aliphatic carbocycles. The number of aromatic nitrogens is 2. The highest BCUT2D eigenvalue weighted by Gasteiger charge is 2.17. The number of halogens is 2. The van der Waals surface area contributed by atoms with Gasteiger partial charge in [0.15, 0.2) is 6.39 Å². The number of nitrogens with one attached hydrogen (secondary N) is 2. The molecule has 218 valence electrons. The lowest BCUT2D eigenvalue weighted by Crippen LogP contribution is -2.17. The molecule has 0 radical (unpaired) electrons. The summed E-state index contributed by atoms with van der Waals surface area (Å²) in [5, 5.41) is 15.9. The number of amides is 1. The van der Waals surface area contributed by atoms with Crippen molar-refractivity contribution in [3.63, 3.8) is 0 Å². The second kappa shape index (κ2) is 13.2. The monoisotopic (exact) mass is 600 g/mol. The van der Waals surface area contributed by atoms with Crippen molar-refractivity contribution in [3.8, 4) is 17.0 Å². The Bertz CT molecular complexity index is 1760. The Morgan fingerprint density at radius 3 is 2.63 bits per heavy atom. The number of nitrogens with zero attached hydrogens (tertiary/aromatic N) is 2. The van der Waals surface area contributed by atoms with Crippen molar-refractivity contribution >= 4 is 34.9 Å². The van der Waals surface area contributed by atoms with Crippen LogP contribution in [-0.4, -0.2) is 27.0 Å². The molecule has 0 saturated carbocycles. The molecule has 0 unspecified atom stereocenters. The zero-order valence-electron chi connectivity index (χ0n) is 22.9. The van der Waals surface area contributed by atoms with Gasteiger partial charge in [-0.05, 0) is 60.0 Å². The zero-order valence-corrected chi connectivity index (χ0v) is 23.7. The Kier molecular flexibility index (Phi) is 8.97. The van der Waals surface area contributed by atoms with Crippen LogP contribution in [-0.2, 0) is 24.4 Å². The molecule has 5 aromatic rings. The van der Waals surface area contributed by atoms with Gasteiger partial charge in [0.1, 0.15) is 18.2 Å². The first-order valence-electron chi connectivity index (χ1n) is 13.2. The fourth-order valence-corrected chi connectivity index (χ4v) is 4.63. The number of hydrogen-bond acceptors (Lipinski definition) is 7. The van der Waals surface area contributed by atoms with Gasteiger partial charge in [0.2, 0.25) is 11.8 Å². The largest absolute Gasteiger partial charge is 0.478 e. The average Bonchev–Trinajstić information content (AvgIpc) is 3.51. The van der Waals surface area contributed by atoms with Crippen molar-refractivity contribution < 1.29 is 28.2 Å². The van der Waals surface area contributed by atoms with Gasteiger partial charge in [-0.2, -0.15) is 0 Å². The third kappa shape index (κ3) is 7.17. The van der Waals surface area contributed by atoms with Crippen LogP contribution in [0.3, 0.4) is 0 Å². The van der Waals surface area contributed by atoms with E-state index in [1.165, 1.54) is 18.5 Å². The number of pyridine rings is 1. The van der Waals surface area contributed by atoms with Crippen LogP contribution in [0.1, 0.15) is 32.8 Å². The normalized spacial score (nSPS) is 10.8. The van der Waals surface area contributed by atoms with E-state index < -0.39 is 11.8 Å². The molecule has 11 heteroatoms. The Morgan fingerprint density at radius 2 is 1.91 bits per heavy atom. The number of carbonyl (C=O) groups excluding carboxylic acids is 1. The number of carboxylic acids is 1. The van der Waals surface area contributed by atoms with Crippen LogP contribution >= 0.6 is 11.6 Å². The van der Waals surface area contributed by atoms with E-state index in [0.717, 1.165) is 11.1 Å². The van der Waals surface area contributed by atoms with Gasteiger partial charge in [0.05, 0.1) is 36.1 Å². The third-order valence-electron chi connectivity index (χ3n) is 6.67. The molecule has 0 aliphatic rings. The Balaban J connectivity index is 1.27. The lowest BCUT2D eigenvalue weighted by Gasteiger charge is -2.17. The molecule has 3 N–H and O–H groups in total. The van der Waals surface area contributed by atoms with Crippen molar-refractivity contribution in [2.24, 2.45) is 0 Å². The molecule has 0 atom stereocenters. The minimum absolute atomic E-state index is 0.0204. The van der Waals surface area contributed by atoms with Crippen LogP contribution in [0.25, 0.3) is 11.1 Å². The molecule has 0 bridgehead atoms. The highest BCUT2D eigenvalue weighted by Crippen LogP contribution is 2.31. The average molecular weight is 601 g/mol. The fourth-order valence-electron chi connectivity index (χ4n) is 4.47. The number of carboxylic acid groups (broad SMARTS) is 1. The van der Waals surface area contributed by atoms with Crippen LogP contribution < -0.4 is 15.4 Å². The van der Waals surface area contributed by atoms with Gasteiger partial charge in [0.25, 0.3) is 0 Å². The molecule has 2 aromatic heterocycles. The second-order valence-corrected chi connectivity index (χ2v) is 10.0. The number of anilines is 2. The highest BCUT2D eigenvalue weighted by atomic mass is 35.5. The van der Waals surface area contributed by atoms with Crippen molar-refractivity contribution in [3.05, 3.63) is 124 Å². The van der Waals surface area contributed by atoms with E-state index >= 15 is 0 Å². The number of carbonyl (C=O) groups is 2. The maximum Gasteiger partial charge on any atom is 0.336 e. The van der Waals surface area contributed by atoms with Crippen molar-refractivity contribution in [2.75, 3.05) is 10.6 Å². The van der Waals surface area contributed by atoms with Gasteiger partial charge in [0, 0.05) is 22.3 Å². The van der Waals surface area contributed by atoms with Crippen LogP contribution in [0.15, 0.2) is 89.9 Å². The zero-order chi connectivity index (χ0) is 30.3. The van der Waals surface area contributed by atoms with Crippen molar-refractivity contribution in [1.29, 1.82) is 0 Å². The Morgan fingerprint density at radius 1 is 1.09 bits per heavy atom. The van der Waals surface area contributed by atoms with Crippen LogP contribution in [0.5, 0.6) is 5.88 Å². The molecule has 5 rings (SSSR count). The van der Waals surface area contributed by atoms with E-state index in [0.29, 0.717) is 44.7 Å². The number of oxazole rings is 1. The summed E-state index contributed by atoms with van der Waals surface area (Å²) in [6, 6.07) is 18.4. The van der Waals surface area contributed by atoms with E-state index in [-0.39, 0.29) is 31.0 Å². The Labute approximate surface area is 251 Å². The summed E-state index contributed by atoms with van der Waals surface area (Å²) in [5.41, 5.74) is 4.14. The lowest BCUT2D eigenvalue weighted by atomic mass is 10.0. The topological polar surface area (TPSA) is 127 Å². The third-order valence-corrected chi connectivity index (χ3v) is 6.91. The molecular weight excluding hydrogens is 575 g/mol. The fraction of sp³-hybridized carbons (Fsp3) is 0.125. The molecule has 1 amide bonds. The van der Waals surface area contributed by atoms with E-state index in [2.05, 4.69) is 20.6 Å². The summed E-state index contributed by atoms with van der Waals surface area (Å²) in [4.78, 5) is 32.9. The maximum atomic E-state index is 14.2. The molecule has 0 fully saturated rings. The van der Waals surface area contributed by atoms with Crippen LogP contribution in [0.2, 0.25) is 5.02 Å². The molecule has 9 nitrogen and oxygen atoms in total. The number of rotatable bonds is 11. The van der Waals surface area contributed by atoms with E-state index in [9.17, 15) is 19.1 Å². The first-order valence-corrected chi connectivity index (χ1v) is 13.6. The van der Waals surface area contributed by atoms with E-state index in [4.69, 9.17) is 20.8 Å². The summed E-state index contributed by atoms with van der Waals surface area (Å²) < 4.78 is 25.3. The van der Waals surface area contributed by atoms with Gasteiger partial charge in [-0.3, -0.25) is 4.79 Å². The van der Waals surface area contributed by atoms with Gasteiger partial charge >= 0.3 is 5.97 Å². The van der Waals surface area contributed by atoms with Crippen LogP contribution in [0, 0.1) is 12.7 Å². The Hall–Kier alpha value is -5.22. The van der Waals surface area contributed by atoms with Gasteiger partial charge in [-0.15, -0.1) is 0 Å². The molecule has 2 heterocycles. The van der Waals surface area contributed by atoms with Gasteiger partial charge in [-0.25, -0.2) is 19.2 Å². The minimum Gasteiger partial charge on any atom is -0.478 e. The summed E-state index contributed by atoms with van der Waals surface area (Å²) in [6.45, 7) is 1.90. The quantitative estimate of drug-likeness (QED) is 0.149. The second-order valence-electron chi connectivity index (χ2n) is 9.59. The minimum atomic E-state index is -1.07. The van der Waals surface area contributed by atoms with Gasteiger partial charge < -0.3 is 24.9 Å². The summed E-state index contributed by atoms with van der Waals surface area (Å²) >= 11 is 5.84. The summed E-state index contributed by atoms with van der Waals surface area (Å²) in [5.74, 6) is -0.922. The van der Waals surface area contributed by atoms with Gasteiger partial charge in [-0.1, -0.05) is 41.9 Å². The summed E-state index contributed by atoms with van der Waals surface area (Å²) in [6.07, 6.45) is 4.52. The smallest absolute Gasteiger partial charge is 0.336 e. The highest BCUT2D eigenvalue weighted by molar-refractivity contribution is 6.30. The number of ether oxygens (including phenoxy) is 1. The molecule has 0 aliphatic heterocycles. The first-order chi connectivity index (χ1) is 20.8. The standard InChI is InChI=1S/C32H26ClFN4O5/c1-19-25(32(40)41)10-11-28(30(19)37-16-24-15-35-18-43-24)38-29(39)13-20-4-6-21(7-5-20)26-3-2-12-36-31(26)42-17-22-8-9-23(33)14-27(22)34/h2-12,14-15,18,37H,13,16-17H2,1H3,(H,38,39)(H,40,41). The first kappa shape index (κ1) is 29.3. The predicted octanol–water partition coefficient (Wildman–Crippen LogP) is 6.91. The van der Waals surface area contributed by atoms with E-state index in [1.54, 1.807) is 43.6 Å². The van der Waals surface area contributed by atoms with Crippen molar-refractivity contribution in [2.45, 2.75) is 26.5 Å². The van der Waals surface area contributed by atoms with Crippen molar-refractivity contribution in [1.82, 2.24) is 9.97 Å². The lowest BCUT2D eigenvalue weighted by molar-refractivity contribution is -0.115. The van der Waals surface area contributed by atoms with E-state index in [1.807, 2.05) is 30.3 Å². The summed E-state index contributed by atoms with van der Waals surface area (Å²) in [7, 11) is 0. The van der Waals surface area contributed by atoms with Crippen LogP contribution in [0.4, 0.5) is 15.8 Å². The maximum absolute atomic E-state index is 14.2. The molecular formula is C32H26ClFN4O5. The molecule has 0 spiro atoms. The predicted molar refractivity (Wildman–Crippen MR) is 160 cm³/mol. The molecule has 3 aromatic carbocycles. The number of benzene rings is 3. The number of hydrogen-bond donors (Lipinski definition) is 3.